The quantitative estimate of drug-likeness (QED) is 0.572. The summed E-state index contributed by atoms with van der Waals surface area (Å²) in [7, 11) is 0. The van der Waals surface area contributed by atoms with Gasteiger partial charge in [0.25, 0.3) is 0 Å². The molecule has 0 aliphatic rings. The van der Waals surface area contributed by atoms with Gasteiger partial charge in [0.15, 0.2) is 0 Å². The van der Waals surface area contributed by atoms with Crippen LogP contribution in [0.25, 0.3) is 11.0 Å². The number of benzene rings is 1. The lowest BCUT2D eigenvalue weighted by Gasteiger charge is -2.15. The number of furan rings is 1. The van der Waals surface area contributed by atoms with Crippen LogP contribution in [0.5, 0.6) is 0 Å². The minimum Gasteiger partial charge on any atom is -0.466 e. The lowest BCUT2D eigenvalue weighted by molar-refractivity contribution is 0.383. The monoisotopic (exact) mass is 320 g/mol. The maximum atomic E-state index is 5.63. The summed E-state index contributed by atoms with van der Waals surface area (Å²) in [5.41, 5.74) is 4.82. The highest BCUT2D eigenvalue weighted by Gasteiger charge is 2.18. The van der Waals surface area contributed by atoms with Crippen molar-refractivity contribution in [2.75, 3.05) is 0 Å². The summed E-state index contributed by atoms with van der Waals surface area (Å²) in [5.74, 6) is 6.41. The van der Waals surface area contributed by atoms with Crippen molar-refractivity contribution in [3.8, 4) is 0 Å². The Hall–Kier alpha value is -1.63. The zero-order valence-corrected chi connectivity index (χ0v) is 11.7. The van der Waals surface area contributed by atoms with Crippen LogP contribution in [-0.4, -0.2) is 9.55 Å². The van der Waals surface area contributed by atoms with Gasteiger partial charge in [-0.1, -0.05) is 12.1 Å². The fourth-order valence-electron chi connectivity index (χ4n) is 2.12. The third kappa shape index (κ3) is 2.30. The van der Waals surface area contributed by atoms with Crippen LogP contribution in [0.2, 0.25) is 0 Å². The number of hydrogen-bond acceptors (Lipinski definition) is 4. The van der Waals surface area contributed by atoms with Crippen LogP contribution < -0.4 is 11.3 Å². The van der Waals surface area contributed by atoms with E-state index in [-0.39, 0.29) is 6.04 Å². The van der Waals surface area contributed by atoms with Crippen LogP contribution >= 0.6 is 15.9 Å². The predicted molar refractivity (Wildman–Crippen MR) is 76.2 cm³/mol. The highest BCUT2D eigenvalue weighted by molar-refractivity contribution is 9.10. The number of nitrogens with two attached hydrogens (primary N) is 1. The topological polar surface area (TPSA) is 69.0 Å². The zero-order chi connectivity index (χ0) is 13.2. The van der Waals surface area contributed by atoms with Gasteiger partial charge in [0.1, 0.15) is 5.76 Å². The molecular formula is C13H13BrN4O. The van der Waals surface area contributed by atoms with Crippen LogP contribution in [0.4, 0.5) is 0 Å². The molecule has 0 aliphatic carbocycles. The minimum absolute atomic E-state index is 0.123. The Morgan fingerprint density at radius 1 is 1.37 bits per heavy atom. The number of imidazole rings is 1. The van der Waals surface area contributed by atoms with Gasteiger partial charge < -0.3 is 8.98 Å². The summed E-state index contributed by atoms with van der Waals surface area (Å²) in [6, 6.07) is 9.72. The number of aromatic nitrogens is 2. The summed E-state index contributed by atoms with van der Waals surface area (Å²) in [6.45, 7) is 0.642. The fraction of sp³-hybridized carbons (Fsp3) is 0.154. The molecule has 1 atom stereocenters. The van der Waals surface area contributed by atoms with E-state index >= 15 is 0 Å². The largest absolute Gasteiger partial charge is 0.466 e. The van der Waals surface area contributed by atoms with Crippen molar-refractivity contribution in [3.63, 3.8) is 0 Å². The molecule has 0 spiro atoms. The van der Waals surface area contributed by atoms with E-state index < -0.39 is 0 Å². The first-order chi connectivity index (χ1) is 9.29. The number of halogens is 1. The first kappa shape index (κ1) is 12.4. The molecule has 3 N–H and O–H groups in total. The van der Waals surface area contributed by atoms with Gasteiger partial charge in [-0.2, -0.15) is 0 Å². The second-order valence-corrected chi connectivity index (χ2v) is 5.09. The maximum Gasteiger partial charge on any atom is 0.137 e. The van der Waals surface area contributed by atoms with Crippen molar-refractivity contribution >= 4 is 27.0 Å². The van der Waals surface area contributed by atoms with Crippen molar-refractivity contribution in [3.05, 3.63) is 53.2 Å². The number of nitrogens with one attached hydrogen (secondary N) is 1. The molecule has 3 rings (SSSR count). The lowest BCUT2D eigenvalue weighted by atomic mass is 10.2. The Morgan fingerprint density at radius 2 is 2.21 bits per heavy atom. The Labute approximate surface area is 118 Å². The van der Waals surface area contributed by atoms with Gasteiger partial charge in [0, 0.05) is 6.54 Å². The highest BCUT2D eigenvalue weighted by atomic mass is 79.9. The Kier molecular flexibility index (Phi) is 3.37. The van der Waals surface area contributed by atoms with Crippen molar-refractivity contribution < 1.29 is 4.42 Å². The molecule has 6 heteroatoms. The highest BCUT2D eigenvalue weighted by Crippen LogP contribution is 2.26. The van der Waals surface area contributed by atoms with E-state index in [1.165, 1.54) is 0 Å². The van der Waals surface area contributed by atoms with Crippen LogP contribution in [0.1, 0.15) is 11.8 Å². The second kappa shape index (κ2) is 5.16. The van der Waals surface area contributed by atoms with E-state index in [0.29, 0.717) is 6.54 Å². The molecule has 98 valence electrons. The molecule has 0 aliphatic heterocycles. The van der Waals surface area contributed by atoms with Crippen LogP contribution in [-0.2, 0) is 6.54 Å². The molecule has 0 saturated heterocycles. The number of rotatable bonds is 4. The standard InChI is InChI=1S/C13H13BrN4O/c14-9-5-6-19-13(9)11(17-15)7-18-8-16-10-3-1-2-4-12(10)18/h1-6,8,11,17H,7,15H2. The van der Waals surface area contributed by atoms with Gasteiger partial charge in [0.05, 0.1) is 34.1 Å². The normalized spacial score (nSPS) is 12.9. The summed E-state index contributed by atoms with van der Waals surface area (Å²) in [5, 5.41) is 0. The second-order valence-electron chi connectivity index (χ2n) is 4.24. The maximum absolute atomic E-state index is 5.63. The molecule has 3 aromatic rings. The molecule has 0 radical (unpaired) electrons. The Balaban J connectivity index is 1.93. The van der Waals surface area contributed by atoms with E-state index in [9.17, 15) is 0 Å². The van der Waals surface area contributed by atoms with E-state index in [1.54, 1.807) is 6.26 Å². The molecule has 2 aromatic heterocycles. The lowest BCUT2D eigenvalue weighted by Crippen LogP contribution is -2.31. The third-order valence-electron chi connectivity index (χ3n) is 3.07. The van der Waals surface area contributed by atoms with E-state index in [4.69, 9.17) is 10.3 Å². The van der Waals surface area contributed by atoms with Gasteiger partial charge in [-0.25, -0.2) is 10.4 Å². The van der Waals surface area contributed by atoms with Gasteiger partial charge in [0.2, 0.25) is 0 Å². The molecule has 5 nitrogen and oxygen atoms in total. The number of hydrazine groups is 1. The molecule has 2 heterocycles. The first-order valence-corrected chi connectivity index (χ1v) is 6.68. The Bertz CT molecular complexity index is 691. The van der Waals surface area contributed by atoms with Gasteiger partial charge >= 0.3 is 0 Å². The third-order valence-corrected chi connectivity index (χ3v) is 3.72. The summed E-state index contributed by atoms with van der Waals surface area (Å²) >= 11 is 3.45. The number of para-hydroxylation sites is 2. The van der Waals surface area contributed by atoms with E-state index in [0.717, 1.165) is 21.3 Å². The molecule has 19 heavy (non-hydrogen) atoms. The number of hydrogen-bond donors (Lipinski definition) is 2. The average molecular weight is 321 g/mol. The average Bonchev–Trinajstić information content (AvgIpc) is 3.03. The molecule has 0 fully saturated rings. The van der Waals surface area contributed by atoms with Gasteiger partial charge in [-0.05, 0) is 34.1 Å². The number of fused-ring (bicyclic) bond motifs is 1. The summed E-state index contributed by atoms with van der Waals surface area (Å²) in [4.78, 5) is 4.36. The summed E-state index contributed by atoms with van der Waals surface area (Å²) in [6.07, 6.45) is 3.45. The van der Waals surface area contributed by atoms with E-state index in [1.807, 2.05) is 36.7 Å². The van der Waals surface area contributed by atoms with Crippen molar-refractivity contribution in [2.45, 2.75) is 12.6 Å². The van der Waals surface area contributed by atoms with Gasteiger partial charge in [-0.3, -0.25) is 5.84 Å². The minimum atomic E-state index is -0.123. The van der Waals surface area contributed by atoms with Crippen LogP contribution in [0, 0.1) is 0 Å². The number of nitrogens with zero attached hydrogens (tertiary/aromatic N) is 2. The van der Waals surface area contributed by atoms with Crippen molar-refractivity contribution in [2.24, 2.45) is 5.84 Å². The van der Waals surface area contributed by atoms with Crippen LogP contribution in [0.3, 0.4) is 0 Å². The molecule has 0 saturated carbocycles. The molecular weight excluding hydrogens is 308 g/mol. The fourth-order valence-corrected chi connectivity index (χ4v) is 2.60. The molecule has 0 amide bonds. The molecule has 0 bridgehead atoms. The molecule has 1 aromatic carbocycles. The Morgan fingerprint density at radius 3 is 2.95 bits per heavy atom. The first-order valence-electron chi connectivity index (χ1n) is 5.88. The van der Waals surface area contributed by atoms with Crippen molar-refractivity contribution in [1.29, 1.82) is 0 Å². The molecule has 1 unspecified atom stereocenters. The van der Waals surface area contributed by atoms with Crippen LogP contribution in [0.15, 0.2) is 51.8 Å². The SMILES string of the molecule is NNC(Cn1cnc2ccccc21)c1occc1Br. The van der Waals surface area contributed by atoms with E-state index in [2.05, 4.69) is 30.9 Å². The smallest absolute Gasteiger partial charge is 0.137 e. The summed E-state index contributed by atoms with van der Waals surface area (Å²) < 4.78 is 8.41. The van der Waals surface area contributed by atoms with Crippen molar-refractivity contribution in [1.82, 2.24) is 15.0 Å². The predicted octanol–water partition coefficient (Wildman–Crippen LogP) is 2.60. The zero-order valence-electron chi connectivity index (χ0n) is 10.1. The van der Waals surface area contributed by atoms with Gasteiger partial charge in [-0.15, -0.1) is 0 Å².